The van der Waals surface area contributed by atoms with E-state index in [1.165, 1.54) is 5.69 Å². The van der Waals surface area contributed by atoms with E-state index in [0.717, 1.165) is 6.42 Å². The Labute approximate surface area is 73.6 Å². The molecular weight excluding hydrogens is 150 g/mol. The maximum Gasteiger partial charge on any atom is 0.0492 e. The van der Waals surface area contributed by atoms with Gasteiger partial charge >= 0.3 is 0 Å². The zero-order valence-electron chi connectivity index (χ0n) is 7.99. The molecule has 0 spiro atoms. The van der Waals surface area contributed by atoms with Crippen LogP contribution in [-0.4, -0.2) is 15.8 Å². The summed E-state index contributed by atoms with van der Waals surface area (Å²) in [5.41, 5.74) is 7.14. The van der Waals surface area contributed by atoms with Gasteiger partial charge in [0, 0.05) is 31.4 Å². The maximum absolute atomic E-state index is 5.94. The lowest BCUT2D eigenvalue weighted by molar-refractivity contribution is 0.477. The minimum absolute atomic E-state index is 0.236. The van der Waals surface area contributed by atoms with Crippen molar-refractivity contribution in [1.29, 1.82) is 0 Å². The van der Waals surface area contributed by atoms with Crippen molar-refractivity contribution in [2.75, 3.05) is 0 Å². The second-order valence-corrected chi connectivity index (χ2v) is 3.56. The third kappa shape index (κ3) is 2.08. The van der Waals surface area contributed by atoms with Gasteiger partial charge in [-0.2, -0.15) is 5.10 Å². The Hall–Kier alpha value is -0.830. The molecule has 0 aromatic carbocycles. The fraction of sp³-hybridized carbons (Fsp3) is 0.667. The van der Waals surface area contributed by atoms with E-state index in [4.69, 9.17) is 5.73 Å². The highest BCUT2D eigenvalue weighted by Gasteiger charge is 2.09. The van der Waals surface area contributed by atoms with Gasteiger partial charge in [0.25, 0.3) is 0 Å². The summed E-state index contributed by atoms with van der Waals surface area (Å²) in [4.78, 5) is 0. The Morgan fingerprint density at radius 3 is 2.67 bits per heavy atom. The standard InChI is InChI=1S/C9H17N3/c1-7(2)9(10)6-8-4-5-11-12(8)3/h4-5,7,9H,6,10H2,1-3H3. The molecule has 0 amide bonds. The summed E-state index contributed by atoms with van der Waals surface area (Å²) in [6.45, 7) is 4.28. The van der Waals surface area contributed by atoms with E-state index in [0.29, 0.717) is 5.92 Å². The Morgan fingerprint density at radius 2 is 2.25 bits per heavy atom. The zero-order chi connectivity index (χ0) is 9.14. The van der Waals surface area contributed by atoms with Crippen LogP contribution in [0.4, 0.5) is 0 Å². The fourth-order valence-electron chi connectivity index (χ4n) is 1.08. The van der Waals surface area contributed by atoms with E-state index in [1.54, 1.807) is 0 Å². The predicted octanol–water partition coefficient (Wildman–Crippen LogP) is 0.946. The van der Waals surface area contributed by atoms with Gasteiger partial charge in [-0.25, -0.2) is 0 Å². The Balaban J connectivity index is 2.58. The third-order valence-electron chi connectivity index (χ3n) is 2.22. The van der Waals surface area contributed by atoms with Gasteiger partial charge in [-0.15, -0.1) is 0 Å². The van der Waals surface area contributed by atoms with Crippen molar-refractivity contribution in [3.63, 3.8) is 0 Å². The third-order valence-corrected chi connectivity index (χ3v) is 2.22. The van der Waals surface area contributed by atoms with E-state index in [1.807, 2.05) is 24.0 Å². The van der Waals surface area contributed by atoms with Gasteiger partial charge < -0.3 is 5.73 Å². The Kier molecular flexibility index (Phi) is 2.87. The van der Waals surface area contributed by atoms with Crippen LogP contribution >= 0.6 is 0 Å². The molecule has 0 aliphatic carbocycles. The molecule has 0 saturated carbocycles. The van der Waals surface area contributed by atoms with Crippen molar-refractivity contribution in [1.82, 2.24) is 9.78 Å². The highest BCUT2D eigenvalue weighted by molar-refractivity contribution is 5.02. The summed E-state index contributed by atoms with van der Waals surface area (Å²) in [6.07, 6.45) is 2.72. The maximum atomic E-state index is 5.94. The van der Waals surface area contributed by atoms with Crippen LogP contribution in [0.1, 0.15) is 19.5 Å². The zero-order valence-corrected chi connectivity index (χ0v) is 7.99. The molecule has 0 fully saturated rings. The molecule has 1 aromatic heterocycles. The molecule has 12 heavy (non-hydrogen) atoms. The highest BCUT2D eigenvalue weighted by Crippen LogP contribution is 2.06. The Bertz CT molecular complexity index is 240. The van der Waals surface area contributed by atoms with Crippen LogP contribution < -0.4 is 5.73 Å². The highest BCUT2D eigenvalue weighted by atomic mass is 15.3. The first kappa shape index (κ1) is 9.26. The molecule has 0 aliphatic heterocycles. The van der Waals surface area contributed by atoms with Crippen LogP contribution in [0.3, 0.4) is 0 Å². The fourth-order valence-corrected chi connectivity index (χ4v) is 1.08. The number of nitrogens with two attached hydrogens (primary N) is 1. The lowest BCUT2D eigenvalue weighted by Gasteiger charge is -2.14. The molecule has 0 radical (unpaired) electrons. The van der Waals surface area contributed by atoms with Crippen molar-refractivity contribution in [2.45, 2.75) is 26.3 Å². The SMILES string of the molecule is CC(C)C(N)Cc1ccnn1C. The first-order valence-electron chi connectivity index (χ1n) is 4.33. The molecule has 1 rings (SSSR count). The van der Waals surface area contributed by atoms with Gasteiger partial charge in [0.2, 0.25) is 0 Å². The summed E-state index contributed by atoms with van der Waals surface area (Å²) >= 11 is 0. The summed E-state index contributed by atoms with van der Waals surface area (Å²) in [5.74, 6) is 0.528. The van der Waals surface area contributed by atoms with E-state index in [-0.39, 0.29) is 6.04 Å². The summed E-state index contributed by atoms with van der Waals surface area (Å²) in [7, 11) is 1.95. The lowest BCUT2D eigenvalue weighted by Crippen LogP contribution is -2.29. The molecule has 3 heteroatoms. The molecule has 0 aliphatic rings. The average molecular weight is 167 g/mol. The molecule has 1 atom stereocenters. The molecular formula is C9H17N3. The van der Waals surface area contributed by atoms with Crippen molar-refractivity contribution in [3.05, 3.63) is 18.0 Å². The minimum atomic E-state index is 0.236. The van der Waals surface area contributed by atoms with Gasteiger partial charge in [0.15, 0.2) is 0 Å². The normalized spacial score (nSPS) is 13.8. The largest absolute Gasteiger partial charge is 0.327 e. The molecule has 1 unspecified atom stereocenters. The molecule has 1 heterocycles. The molecule has 1 aromatic rings. The first-order chi connectivity index (χ1) is 5.61. The van der Waals surface area contributed by atoms with Gasteiger partial charge in [0.1, 0.15) is 0 Å². The van der Waals surface area contributed by atoms with Gasteiger partial charge in [-0.3, -0.25) is 4.68 Å². The number of hydrogen-bond acceptors (Lipinski definition) is 2. The van der Waals surface area contributed by atoms with Crippen LogP contribution in [0.25, 0.3) is 0 Å². The van der Waals surface area contributed by atoms with E-state index >= 15 is 0 Å². The van der Waals surface area contributed by atoms with Gasteiger partial charge in [-0.1, -0.05) is 13.8 Å². The molecule has 0 saturated heterocycles. The molecule has 0 bridgehead atoms. The minimum Gasteiger partial charge on any atom is -0.327 e. The van der Waals surface area contributed by atoms with Crippen LogP contribution in [0.5, 0.6) is 0 Å². The second-order valence-electron chi connectivity index (χ2n) is 3.56. The van der Waals surface area contributed by atoms with Crippen molar-refractivity contribution < 1.29 is 0 Å². The summed E-state index contributed by atoms with van der Waals surface area (Å²) in [5, 5.41) is 4.09. The van der Waals surface area contributed by atoms with E-state index < -0.39 is 0 Å². The van der Waals surface area contributed by atoms with E-state index in [9.17, 15) is 0 Å². The number of aryl methyl sites for hydroxylation is 1. The monoisotopic (exact) mass is 167 g/mol. The van der Waals surface area contributed by atoms with Crippen molar-refractivity contribution >= 4 is 0 Å². The Morgan fingerprint density at radius 1 is 1.58 bits per heavy atom. The molecule has 2 N–H and O–H groups in total. The first-order valence-corrected chi connectivity index (χ1v) is 4.33. The molecule has 68 valence electrons. The van der Waals surface area contributed by atoms with Crippen LogP contribution in [0.15, 0.2) is 12.3 Å². The smallest absolute Gasteiger partial charge is 0.0492 e. The van der Waals surface area contributed by atoms with Crippen molar-refractivity contribution in [3.8, 4) is 0 Å². The quantitative estimate of drug-likeness (QED) is 0.728. The lowest BCUT2D eigenvalue weighted by atomic mass is 10.0. The topological polar surface area (TPSA) is 43.8 Å². The summed E-state index contributed by atoms with van der Waals surface area (Å²) < 4.78 is 1.88. The second kappa shape index (κ2) is 3.72. The number of nitrogens with zero attached hydrogens (tertiary/aromatic N) is 2. The van der Waals surface area contributed by atoms with Crippen molar-refractivity contribution in [2.24, 2.45) is 18.7 Å². The number of rotatable bonds is 3. The number of aromatic nitrogens is 2. The predicted molar refractivity (Wildman–Crippen MR) is 49.7 cm³/mol. The van der Waals surface area contributed by atoms with Gasteiger partial charge in [-0.05, 0) is 12.0 Å². The van der Waals surface area contributed by atoms with Gasteiger partial charge in [0.05, 0.1) is 0 Å². The van der Waals surface area contributed by atoms with E-state index in [2.05, 4.69) is 18.9 Å². The van der Waals surface area contributed by atoms with Crippen LogP contribution in [0.2, 0.25) is 0 Å². The van der Waals surface area contributed by atoms with Crippen LogP contribution in [-0.2, 0) is 13.5 Å². The average Bonchev–Trinajstić information content (AvgIpc) is 2.36. The number of hydrogen-bond donors (Lipinski definition) is 1. The van der Waals surface area contributed by atoms with Crippen LogP contribution in [0, 0.1) is 5.92 Å². The summed E-state index contributed by atoms with van der Waals surface area (Å²) in [6, 6.07) is 2.25. The molecule has 3 nitrogen and oxygen atoms in total.